The van der Waals surface area contributed by atoms with Gasteiger partial charge >= 0.3 is 0 Å². The van der Waals surface area contributed by atoms with Crippen molar-refractivity contribution in [2.24, 2.45) is 28.2 Å². The monoisotopic (exact) mass is 247 g/mol. The Hall–Kier alpha value is -0.830. The SMILES string of the molecule is C=C/C=C(\N=C)SCC(=O)C12CC3CC(C1)C32. The molecule has 2 nitrogen and oxygen atoms in total. The zero-order chi connectivity index (χ0) is 12.0. The molecule has 3 aliphatic carbocycles. The fourth-order valence-electron chi connectivity index (χ4n) is 4.11. The molecule has 90 valence electrons. The highest BCUT2D eigenvalue weighted by molar-refractivity contribution is 8.03. The summed E-state index contributed by atoms with van der Waals surface area (Å²) >= 11 is 1.49. The first-order valence-electron chi connectivity index (χ1n) is 6.17. The number of ketones is 1. The van der Waals surface area contributed by atoms with Crippen LogP contribution in [0.2, 0.25) is 0 Å². The van der Waals surface area contributed by atoms with Crippen molar-refractivity contribution in [1.82, 2.24) is 0 Å². The lowest BCUT2D eigenvalue weighted by atomic mass is 9.28. The quantitative estimate of drug-likeness (QED) is 0.533. The van der Waals surface area contributed by atoms with Crippen molar-refractivity contribution in [2.75, 3.05) is 5.75 Å². The second-order valence-corrected chi connectivity index (χ2v) is 6.45. The van der Waals surface area contributed by atoms with Crippen LogP contribution in [0.4, 0.5) is 0 Å². The fraction of sp³-hybridized carbons (Fsp3) is 0.571. The van der Waals surface area contributed by atoms with E-state index in [0.717, 1.165) is 35.6 Å². The number of carbonyl (C=O) groups excluding carboxylic acids is 1. The zero-order valence-corrected chi connectivity index (χ0v) is 10.7. The molecule has 0 aliphatic heterocycles. The van der Waals surface area contributed by atoms with Gasteiger partial charge in [-0.25, -0.2) is 0 Å². The average Bonchev–Trinajstić information content (AvgIpc) is 2.33. The molecule has 0 aromatic carbocycles. The van der Waals surface area contributed by atoms with Crippen LogP contribution in [-0.2, 0) is 4.79 Å². The van der Waals surface area contributed by atoms with Crippen molar-refractivity contribution in [1.29, 1.82) is 0 Å². The normalized spacial score (nSPS) is 41.4. The van der Waals surface area contributed by atoms with E-state index in [1.165, 1.54) is 18.2 Å². The lowest BCUT2D eigenvalue weighted by molar-refractivity contribution is -0.255. The summed E-state index contributed by atoms with van der Waals surface area (Å²) in [6.07, 6.45) is 7.21. The summed E-state index contributed by atoms with van der Waals surface area (Å²) in [5.41, 5.74) is 0.0983. The summed E-state index contributed by atoms with van der Waals surface area (Å²) in [4.78, 5) is 16.2. The topological polar surface area (TPSA) is 29.4 Å². The highest BCUT2D eigenvalue weighted by Gasteiger charge is 2.73. The number of thioether (sulfide) groups is 1. The maximum Gasteiger partial charge on any atom is 0.149 e. The van der Waals surface area contributed by atoms with E-state index < -0.39 is 0 Å². The van der Waals surface area contributed by atoms with Gasteiger partial charge in [0.15, 0.2) is 0 Å². The van der Waals surface area contributed by atoms with Crippen LogP contribution in [0.3, 0.4) is 0 Å². The van der Waals surface area contributed by atoms with Gasteiger partial charge in [-0.15, -0.1) is 0 Å². The molecule has 3 aliphatic rings. The number of hydrogen-bond donors (Lipinski definition) is 0. The van der Waals surface area contributed by atoms with Gasteiger partial charge in [-0.3, -0.25) is 9.79 Å². The van der Waals surface area contributed by atoms with Gasteiger partial charge in [0.05, 0.1) is 10.8 Å². The van der Waals surface area contributed by atoms with E-state index in [9.17, 15) is 4.79 Å². The molecule has 0 saturated heterocycles. The molecule has 2 unspecified atom stereocenters. The molecule has 0 spiro atoms. The van der Waals surface area contributed by atoms with Crippen molar-refractivity contribution in [2.45, 2.75) is 19.3 Å². The molecule has 0 radical (unpaired) electrons. The molecule has 0 aromatic heterocycles. The van der Waals surface area contributed by atoms with Crippen LogP contribution in [0.15, 0.2) is 28.8 Å². The van der Waals surface area contributed by atoms with E-state index in [4.69, 9.17) is 0 Å². The van der Waals surface area contributed by atoms with E-state index in [0.29, 0.717) is 11.5 Å². The molecule has 3 fully saturated rings. The fourth-order valence-corrected chi connectivity index (χ4v) is 4.96. The summed E-state index contributed by atoms with van der Waals surface area (Å²) in [6.45, 7) is 7.13. The van der Waals surface area contributed by atoms with Crippen molar-refractivity contribution < 1.29 is 4.79 Å². The van der Waals surface area contributed by atoms with Gasteiger partial charge in [0.25, 0.3) is 0 Å². The van der Waals surface area contributed by atoms with Crippen LogP contribution in [0.25, 0.3) is 0 Å². The Balaban J connectivity index is 1.56. The Labute approximate surface area is 106 Å². The van der Waals surface area contributed by atoms with Gasteiger partial charge in [0.2, 0.25) is 0 Å². The predicted molar refractivity (Wildman–Crippen MR) is 72.0 cm³/mol. The van der Waals surface area contributed by atoms with E-state index in [-0.39, 0.29) is 5.41 Å². The molecular weight excluding hydrogens is 230 g/mol. The third-order valence-electron chi connectivity index (χ3n) is 4.83. The van der Waals surface area contributed by atoms with E-state index in [2.05, 4.69) is 18.3 Å². The smallest absolute Gasteiger partial charge is 0.149 e. The Morgan fingerprint density at radius 1 is 1.47 bits per heavy atom. The number of nitrogens with zero attached hydrogens (tertiary/aromatic N) is 1. The van der Waals surface area contributed by atoms with Gasteiger partial charge in [0, 0.05) is 5.41 Å². The first-order valence-corrected chi connectivity index (χ1v) is 7.15. The number of rotatable bonds is 6. The Morgan fingerprint density at radius 2 is 2.18 bits per heavy atom. The summed E-state index contributed by atoms with van der Waals surface area (Å²) < 4.78 is 0. The molecule has 0 amide bonds. The molecular formula is C14H17NOS. The molecule has 2 atom stereocenters. The largest absolute Gasteiger partial charge is 0.298 e. The second kappa shape index (κ2) is 3.84. The van der Waals surface area contributed by atoms with E-state index in [1.54, 1.807) is 12.2 Å². The summed E-state index contributed by atoms with van der Waals surface area (Å²) in [7, 11) is 0. The third-order valence-corrected chi connectivity index (χ3v) is 5.80. The zero-order valence-electron chi connectivity index (χ0n) is 9.89. The van der Waals surface area contributed by atoms with Crippen LogP contribution in [0.5, 0.6) is 0 Å². The minimum Gasteiger partial charge on any atom is -0.298 e. The first kappa shape index (κ1) is 11.3. The molecule has 0 aromatic rings. The number of hydrogen-bond acceptors (Lipinski definition) is 3. The molecule has 0 bridgehead atoms. The number of aliphatic imine (C=N–C) groups is 1. The lowest BCUT2D eigenvalue weighted by Crippen LogP contribution is -2.72. The molecule has 17 heavy (non-hydrogen) atoms. The maximum atomic E-state index is 12.3. The molecule has 0 N–H and O–H groups in total. The Kier molecular flexibility index (Phi) is 2.54. The van der Waals surface area contributed by atoms with Crippen molar-refractivity contribution in [3.05, 3.63) is 23.8 Å². The highest BCUT2D eigenvalue weighted by atomic mass is 32.2. The molecule has 3 rings (SSSR count). The number of carbonyl (C=O) groups is 1. The van der Waals surface area contributed by atoms with E-state index >= 15 is 0 Å². The third kappa shape index (κ3) is 1.41. The van der Waals surface area contributed by atoms with Gasteiger partial charge in [-0.1, -0.05) is 24.4 Å². The Bertz CT molecular complexity index is 414. The average molecular weight is 247 g/mol. The van der Waals surface area contributed by atoms with Crippen LogP contribution in [0, 0.1) is 23.2 Å². The second-order valence-electron chi connectivity index (χ2n) is 5.46. The number of allylic oxidation sites excluding steroid dienone is 2. The van der Waals surface area contributed by atoms with Crippen molar-refractivity contribution >= 4 is 24.3 Å². The number of Topliss-reactive ketones (excluding diaryl/α,β-unsaturated/α-hetero) is 1. The van der Waals surface area contributed by atoms with Crippen LogP contribution >= 0.6 is 11.8 Å². The maximum absolute atomic E-state index is 12.3. The first-order chi connectivity index (χ1) is 8.21. The highest BCUT2D eigenvalue weighted by Crippen LogP contribution is 2.77. The molecule has 0 heterocycles. The standard InChI is InChI=1S/C14H17NOS/c1-3-4-12(15-2)17-8-11(16)14-6-9-5-10(7-14)13(9)14/h3-4,9-10,13H,1-2,5-8H2/b12-4+. The Morgan fingerprint density at radius 3 is 2.65 bits per heavy atom. The van der Waals surface area contributed by atoms with Crippen molar-refractivity contribution in [3.8, 4) is 0 Å². The lowest BCUT2D eigenvalue weighted by Gasteiger charge is -2.75. The predicted octanol–water partition coefficient (Wildman–Crippen LogP) is 3.06. The molecule has 3 saturated carbocycles. The van der Waals surface area contributed by atoms with Crippen LogP contribution in [-0.4, -0.2) is 18.3 Å². The summed E-state index contributed by atoms with van der Waals surface area (Å²) in [5, 5.41) is 0.796. The van der Waals surface area contributed by atoms with Crippen LogP contribution < -0.4 is 0 Å². The van der Waals surface area contributed by atoms with Crippen molar-refractivity contribution in [3.63, 3.8) is 0 Å². The molecule has 3 heteroatoms. The van der Waals surface area contributed by atoms with Gasteiger partial charge in [-0.2, -0.15) is 0 Å². The van der Waals surface area contributed by atoms with Gasteiger partial charge in [-0.05, 0) is 49.8 Å². The van der Waals surface area contributed by atoms with Crippen LogP contribution in [0.1, 0.15) is 19.3 Å². The van der Waals surface area contributed by atoms with E-state index in [1.807, 2.05) is 0 Å². The minimum atomic E-state index is 0.0983. The minimum absolute atomic E-state index is 0.0983. The van der Waals surface area contributed by atoms with Gasteiger partial charge < -0.3 is 0 Å². The van der Waals surface area contributed by atoms with Gasteiger partial charge in [0.1, 0.15) is 5.78 Å². The summed E-state index contributed by atoms with van der Waals surface area (Å²) in [6, 6.07) is 0. The summed E-state index contributed by atoms with van der Waals surface area (Å²) in [5.74, 6) is 3.54.